The van der Waals surface area contributed by atoms with Gasteiger partial charge in [0.05, 0.1) is 17.8 Å². The molecule has 1 aromatic heterocycles. The van der Waals surface area contributed by atoms with Crippen LogP contribution in [0.25, 0.3) is 0 Å². The Hall–Kier alpha value is -1.42. The van der Waals surface area contributed by atoms with Crippen LogP contribution in [0.15, 0.2) is 25.0 Å². The lowest BCUT2D eigenvalue weighted by Gasteiger charge is -2.04. The monoisotopic (exact) mass is 179 g/mol. The average Bonchev–Trinajstić information content (AvgIpc) is 2.51. The lowest BCUT2D eigenvalue weighted by molar-refractivity contribution is 0.0962. The van der Waals surface area contributed by atoms with Crippen molar-refractivity contribution in [2.45, 2.75) is 12.5 Å². The van der Waals surface area contributed by atoms with E-state index in [0.717, 1.165) is 0 Å². The van der Waals surface area contributed by atoms with E-state index in [-0.39, 0.29) is 5.78 Å². The van der Waals surface area contributed by atoms with E-state index in [2.05, 4.69) is 11.7 Å². The summed E-state index contributed by atoms with van der Waals surface area (Å²) in [6, 6.07) is -0.498. The zero-order valence-electron chi connectivity index (χ0n) is 7.60. The van der Waals surface area contributed by atoms with Crippen molar-refractivity contribution in [3.63, 3.8) is 0 Å². The van der Waals surface area contributed by atoms with Crippen LogP contribution in [0.4, 0.5) is 0 Å². The molecular weight excluding hydrogens is 166 g/mol. The Balaban J connectivity index is 2.73. The number of aryl methyl sites for hydroxylation is 1. The Kier molecular flexibility index (Phi) is 2.97. The predicted molar refractivity (Wildman–Crippen MR) is 50.3 cm³/mol. The number of nitrogens with zero attached hydrogens (tertiary/aromatic N) is 2. The Bertz CT molecular complexity index is 316. The molecule has 1 atom stereocenters. The van der Waals surface area contributed by atoms with Gasteiger partial charge in [0, 0.05) is 13.2 Å². The van der Waals surface area contributed by atoms with Crippen LogP contribution in [0.2, 0.25) is 0 Å². The van der Waals surface area contributed by atoms with Gasteiger partial charge < -0.3 is 5.73 Å². The molecule has 4 nitrogen and oxygen atoms in total. The molecule has 0 bridgehead atoms. The van der Waals surface area contributed by atoms with Crippen LogP contribution >= 0.6 is 0 Å². The van der Waals surface area contributed by atoms with E-state index in [1.165, 1.54) is 6.20 Å². The summed E-state index contributed by atoms with van der Waals surface area (Å²) in [4.78, 5) is 11.5. The maximum Gasteiger partial charge on any atom is 0.182 e. The number of carbonyl (C=O) groups excluding carboxylic acids is 1. The molecule has 2 N–H and O–H groups in total. The maximum atomic E-state index is 11.5. The molecule has 1 rings (SSSR count). The van der Waals surface area contributed by atoms with Gasteiger partial charge in [-0.1, -0.05) is 6.08 Å². The predicted octanol–water partition coefficient (Wildman–Crippen LogP) is 0.506. The molecule has 0 aliphatic heterocycles. The number of hydrogen-bond donors (Lipinski definition) is 1. The molecule has 0 radical (unpaired) electrons. The van der Waals surface area contributed by atoms with Gasteiger partial charge in [0.25, 0.3) is 0 Å². The molecule has 0 saturated heterocycles. The quantitative estimate of drug-likeness (QED) is 0.541. The zero-order chi connectivity index (χ0) is 9.84. The highest BCUT2D eigenvalue weighted by atomic mass is 16.1. The number of Topliss-reactive ketones (excluding diaryl/α,β-unsaturated/α-hetero) is 1. The highest BCUT2D eigenvalue weighted by Gasteiger charge is 2.15. The van der Waals surface area contributed by atoms with Gasteiger partial charge in [-0.15, -0.1) is 6.58 Å². The van der Waals surface area contributed by atoms with E-state index in [0.29, 0.717) is 12.0 Å². The van der Waals surface area contributed by atoms with Crippen LogP contribution < -0.4 is 5.73 Å². The highest BCUT2D eigenvalue weighted by Crippen LogP contribution is 2.03. The first-order valence-corrected chi connectivity index (χ1v) is 4.04. The molecule has 4 heteroatoms. The van der Waals surface area contributed by atoms with Gasteiger partial charge in [0.1, 0.15) is 0 Å². The molecule has 0 saturated carbocycles. The van der Waals surface area contributed by atoms with Crippen molar-refractivity contribution in [2.75, 3.05) is 0 Å². The molecule has 1 heterocycles. The fourth-order valence-electron chi connectivity index (χ4n) is 1.05. The second kappa shape index (κ2) is 4.00. The Morgan fingerprint density at radius 3 is 3.08 bits per heavy atom. The third kappa shape index (κ3) is 2.26. The maximum absolute atomic E-state index is 11.5. The number of carbonyl (C=O) groups is 1. The van der Waals surface area contributed by atoms with E-state index in [4.69, 9.17) is 5.73 Å². The molecule has 0 aromatic carbocycles. The van der Waals surface area contributed by atoms with Crippen molar-refractivity contribution < 1.29 is 4.79 Å². The van der Waals surface area contributed by atoms with Crippen molar-refractivity contribution >= 4 is 5.78 Å². The van der Waals surface area contributed by atoms with Gasteiger partial charge in [0.15, 0.2) is 5.78 Å². The van der Waals surface area contributed by atoms with Gasteiger partial charge in [-0.2, -0.15) is 5.10 Å². The summed E-state index contributed by atoms with van der Waals surface area (Å²) in [7, 11) is 1.76. The average molecular weight is 179 g/mol. The van der Waals surface area contributed by atoms with Crippen molar-refractivity contribution in [3.8, 4) is 0 Å². The van der Waals surface area contributed by atoms with Gasteiger partial charge in [-0.3, -0.25) is 9.48 Å². The molecular formula is C9H13N3O. The Morgan fingerprint density at radius 2 is 2.62 bits per heavy atom. The molecule has 0 fully saturated rings. The lowest BCUT2D eigenvalue weighted by atomic mass is 10.1. The minimum Gasteiger partial charge on any atom is -0.321 e. The SMILES string of the molecule is C=CCC(N)C(=O)c1cnn(C)c1. The first-order chi connectivity index (χ1) is 6.15. The van der Waals surface area contributed by atoms with Gasteiger partial charge >= 0.3 is 0 Å². The van der Waals surface area contributed by atoms with E-state index in [1.807, 2.05) is 0 Å². The summed E-state index contributed by atoms with van der Waals surface area (Å²) in [5.41, 5.74) is 6.16. The third-order valence-electron chi connectivity index (χ3n) is 1.75. The van der Waals surface area contributed by atoms with Crippen molar-refractivity contribution in [3.05, 3.63) is 30.6 Å². The van der Waals surface area contributed by atoms with Crippen LogP contribution in [-0.2, 0) is 7.05 Å². The molecule has 0 aliphatic carbocycles. The van der Waals surface area contributed by atoms with E-state index >= 15 is 0 Å². The summed E-state index contributed by atoms with van der Waals surface area (Å²) < 4.78 is 1.58. The molecule has 0 amide bonds. The van der Waals surface area contributed by atoms with Crippen LogP contribution in [0.5, 0.6) is 0 Å². The topological polar surface area (TPSA) is 60.9 Å². The second-order valence-electron chi connectivity index (χ2n) is 2.90. The third-order valence-corrected chi connectivity index (χ3v) is 1.75. The summed E-state index contributed by atoms with van der Waals surface area (Å²) in [6.45, 7) is 3.53. The van der Waals surface area contributed by atoms with Crippen LogP contribution in [0.3, 0.4) is 0 Å². The second-order valence-corrected chi connectivity index (χ2v) is 2.90. The highest BCUT2D eigenvalue weighted by molar-refractivity contribution is 5.99. The van der Waals surface area contributed by atoms with Gasteiger partial charge in [0.2, 0.25) is 0 Å². The van der Waals surface area contributed by atoms with Gasteiger partial charge in [-0.25, -0.2) is 0 Å². The largest absolute Gasteiger partial charge is 0.321 e. The molecule has 1 aromatic rings. The summed E-state index contributed by atoms with van der Waals surface area (Å²) in [5.74, 6) is -0.0898. The number of aromatic nitrogens is 2. The van der Waals surface area contributed by atoms with Gasteiger partial charge in [-0.05, 0) is 6.42 Å². The standard InChI is InChI=1S/C9H13N3O/c1-3-4-8(10)9(13)7-5-11-12(2)6-7/h3,5-6,8H,1,4,10H2,2H3. The number of hydrogen-bond acceptors (Lipinski definition) is 3. The van der Waals surface area contributed by atoms with E-state index in [9.17, 15) is 4.79 Å². The van der Waals surface area contributed by atoms with Crippen molar-refractivity contribution in [1.82, 2.24) is 9.78 Å². The summed E-state index contributed by atoms with van der Waals surface area (Å²) in [6.07, 6.45) is 5.31. The number of rotatable bonds is 4. The smallest absolute Gasteiger partial charge is 0.182 e. The first-order valence-electron chi connectivity index (χ1n) is 4.04. The van der Waals surface area contributed by atoms with E-state index in [1.54, 1.807) is 24.0 Å². The molecule has 70 valence electrons. The molecule has 1 unspecified atom stereocenters. The summed E-state index contributed by atoms with van der Waals surface area (Å²) >= 11 is 0. The minimum absolute atomic E-state index is 0.0898. The van der Waals surface area contributed by atoms with Crippen LogP contribution in [-0.4, -0.2) is 21.6 Å². The van der Waals surface area contributed by atoms with Crippen molar-refractivity contribution in [2.24, 2.45) is 12.8 Å². The number of ketones is 1. The fraction of sp³-hybridized carbons (Fsp3) is 0.333. The Morgan fingerprint density at radius 1 is 1.92 bits per heavy atom. The molecule has 0 spiro atoms. The summed E-state index contributed by atoms with van der Waals surface area (Å²) in [5, 5.41) is 3.89. The minimum atomic E-state index is -0.498. The normalized spacial score (nSPS) is 12.5. The van der Waals surface area contributed by atoms with Crippen molar-refractivity contribution in [1.29, 1.82) is 0 Å². The fourth-order valence-corrected chi connectivity index (χ4v) is 1.05. The van der Waals surface area contributed by atoms with E-state index < -0.39 is 6.04 Å². The molecule has 13 heavy (non-hydrogen) atoms. The number of nitrogens with two attached hydrogens (primary N) is 1. The zero-order valence-corrected chi connectivity index (χ0v) is 7.60. The Labute approximate surface area is 77.0 Å². The van der Waals surface area contributed by atoms with Crippen LogP contribution in [0.1, 0.15) is 16.8 Å². The first kappa shape index (κ1) is 9.67. The lowest BCUT2D eigenvalue weighted by Crippen LogP contribution is -2.29. The molecule has 0 aliphatic rings. The van der Waals surface area contributed by atoms with Crippen LogP contribution in [0, 0.1) is 0 Å².